The Morgan fingerprint density at radius 3 is 2.74 bits per heavy atom. The van der Waals surface area contributed by atoms with Gasteiger partial charge in [0, 0.05) is 18.7 Å². The maximum atomic E-state index is 14.0. The molecule has 1 heterocycles. The molecule has 0 unspecified atom stereocenters. The number of hydrogen-bond donors (Lipinski definition) is 2. The molecule has 0 aromatic heterocycles. The fourth-order valence-electron chi connectivity index (χ4n) is 2.81. The Balaban J connectivity index is 2.05. The zero-order valence-corrected chi connectivity index (χ0v) is 14.1. The summed E-state index contributed by atoms with van der Waals surface area (Å²) in [5, 5.41) is 2.60. The van der Waals surface area contributed by atoms with Crippen molar-refractivity contribution in [2.24, 2.45) is 5.92 Å². The highest BCUT2D eigenvalue weighted by Gasteiger charge is 2.35. The number of likely N-dealkylation sites (tertiary alicyclic amines) is 1. The first-order chi connectivity index (χ1) is 10.8. The summed E-state index contributed by atoms with van der Waals surface area (Å²) in [6, 6.07) is 5.74. The summed E-state index contributed by atoms with van der Waals surface area (Å²) in [6.45, 7) is 2.53. The van der Waals surface area contributed by atoms with E-state index in [0.29, 0.717) is 18.5 Å². The molecule has 1 aliphatic rings. The van der Waals surface area contributed by atoms with Crippen LogP contribution in [0, 0.1) is 11.7 Å². The van der Waals surface area contributed by atoms with Crippen molar-refractivity contribution in [2.45, 2.75) is 19.4 Å². The molecule has 0 saturated carbocycles. The summed E-state index contributed by atoms with van der Waals surface area (Å²) in [5.41, 5.74) is 0.495. The van der Waals surface area contributed by atoms with Crippen LogP contribution in [0.2, 0.25) is 0 Å². The van der Waals surface area contributed by atoms with Crippen molar-refractivity contribution < 1.29 is 17.6 Å². The van der Waals surface area contributed by atoms with E-state index in [1.54, 1.807) is 23.1 Å². The van der Waals surface area contributed by atoms with Gasteiger partial charge >= 0.3 is 6.03 Å². The van der Waals surface area contributed by atoms with E-state index in [4.69, 9.17) is 0 Å². The van der Waals surface area contributed by atoms with E-state index in [1.807, 2.05) is 6.92 Å². The van der Waals surface area contributed by atoms with Crippen molar-refractivity contribution in [3.8, 4) is 0 Å². The van der Waals surface area contributed by atoms with Crippen molar-refractivity contribution in [2.75, 3.05) is 25.9 Å². The van der Waals surface area contributed by atoms with Crippen LogP contribution < -0.4 is 10.0 Å². The van der Waals surface area contributed by atoms with E-state index in [9.17, 15) is 17.6 Å². The molecule has 1 saturated heterocycles. The maximum absolute atomic E-state index is 14.0. The smallest absolute Gasteiger partial charge is 0.317 e. The van der Waals surface area contributed by atoms with Gasteiger partial charge in [-0.25, -0.2) is 22.3 Å². The Morgan fingerprint density at radius 1 is 1.39 bits per heavy atom. The second-order valence-electron chi connectivity index (χ2n) is 5.79. The van der Waals surface area contributed by atoms with Gasteiger partial charge in [-0.05, 0) is 25.5 Å². The number of nitrogens with one attached hydrogen (secondary N) is 2. The topological polar surface area (TPSA) is 78.5 Å². The summed E-state index contributed by atoms with van der Waals surface area (Å²) >= 11 is 0. The number of amides is 2. The number of carbonyl (C=O) groups excluding carboxylic acids is 1. The molecule has 2 atom stereocenters. The summed E-state index contributed by atoms with van der Waals surface area (Å²) < 4.78 is 38.9. The third kappa shape index (κ3) is 4.42. The molecule has 0 aliphatic carbocycles. The minimum atomic E-state index is -3.37. The lowest BCUT2D eigenvalue weighted by molar-refractivity contribution is 0.192. The average molecular weight is 343 g/mol. The lowest BCUT2D eigenvalue weighted by Gasteiger charge is -2.25. The average Bonchev–Trinajstić information content (AvgIpc) is 2.89. The Labute approximate surface area is 136 Å². The van der Waals surface area contributed by atoms with Crippen LogP contribution in [0.3, 0.4) is 0 Å². The van der Waals surface area contributed by atoms with Gasteiger partial charge in [-0.2, -0.15) is 0 Å². The van der Waals surface area contributed by atoms with Crippen molar-refractivity contribution in [1.29, 1.82) is 0 Å². The predicted molar refractivity (Wildman–Crippen MR) is 85.9 cm³/mol. The van der Waals surface area contributed by atoms with Crippen molar-refractivity contribution >= 4 is 16.1 Å². The molecule has 23 heavy (non-hydrogen) atoms. The standard InChI is InChI=1S/C15H22FN3O3S/c1-11-9-14(12-5-3-4-6-13(12)16)19(10-11)15(20)18-7-8-23(21,22)17-2/h3-6,11,14,17H,7-10H2,1-2H3,(H,18,20)/t11-,14-/m1/s1. The number of benzene rings is 1. The van der Waals surface area contributed by atoms with Crippen LogP contribution in [0.15, 0.2) is 24.3 Å². The monoisotopic (exact) mass is 343 g/mol. The van der Waals surface area contributed by atoms with Gasteiger partial charge in [0.2, 0.25) is 10.0 Å². The molecule has 1 aromatic carbocycles. The number of rotatable bonds is 5. The van der Waals surface area contributed by atoms with E-state index in [0.717, 1.165) is 0 Å². The van der Waals surface area contributed by atoms with E-state index < -0.39 is 10.0 Å². The predicted octanol–water partition coefficient (Wildman–Crippen LogP) is 1.47. The van der Waals surface area contributed by atoms with E-state index >= 15 is 0 Å². The van der Waals surface area contributed by atoms with E-state index in [1.165, 1.54) is 13.1 Å². The van der Waals surface area contributed by atoms with E-state index in [2.05, 4.69) is 10.0 Å². The third-order valence-electron chi connectivity index (χ3n) is 3.99. The van der Waals surface area contributed by atoms with Crippen LogP contribution in [0.5, 0.6) is 0 Å². The van der Waals surface area contributed by atoms with Crippen molar-refractivity contribution in [1.82, 2.24) is 14.9 Å². The summed E-state index contributed by atoms with van der Waals surface area (Å²) in [7, 11) is -2.04. The van der Waals surface area contributed by atoms with Crippen molar-refractivity contribution in [3.63, 3.8) is 0 Å². The van der Waals surface area contributed by atoms with Gasteiger partial charge in [-0.3, -0.25) is 0 Å². The molecule has 1 aliphatic heterocycles. The molecular weight excluding hydrogens is 321 g/mol. The van der Waals surface area contributed by atoms with E-state index in [-0.39, 0.29) is 36.1 Å². The molecule has 0 bridgehead atoms. The van der Waals surface area contributed by atoms with Gasteiger partial charge in [-0.1, -0.05) is 25.1 Å². The second kappa shape index (κ2) is 7.27. The fourth-order valence-corrected chi connectivity index (χ4v) is 3.38. The summed E-state index contributed by atoms with van der Waals surface area (Å²) in [5.74, 6) is -0.267. The van der Waals surface area contributed by atoms with Crippen LogP contribution in [0.25, 0.3) is 0 Å². The number of hydrogen-bond acceptors (Lipinski definition) is 3. The number of sulfonamides is 1. The molecule has 1 aromatic rings. The first kappa shape index (κ1) is 17.7. The normalized spacial score (nSPS) is 21.4. The molecule has 2 rings (SSSR count). The van der Waals surface area contributed by atoms with Crippen LogP contribution in [-0.4, -0.2) is 45.2 Å². The molecule has 0 spiro atoms. The third-order valence-corrected chi connectivity index (χ3v) is 5.36. The highest BCUT2D eigenvalue weighted by Crippen LogP contribution is 2.36. The van der Waals surface area contributed by atoms with Gasteiger partial charge in [0.25, 0.3) is 0 Å². The minimum Gasteiger partial charge on any atom is -0.337 e. The minimum absolute atomic E-state index is 0.0108. The van der Waals surface area contributed by atoms with Crippen LogP contribution in [-0.2, 0) is 10.0 Å². The molecule has 2 N–H and O–H groups in total. The van der Waals surface area contributed by atoms with Crippen molar-refractivity contribution in [3.05, 3.63) is 35.6 Å². The molecular formula is C15H22FN3O3S. The quantitative estimate of drug-likeness (QED) is 0.850. The lowest BCUT2D eigenvalue weighted by atomic mass is 10.0. The molecule has 1 fully saturated rings. The zero-order chi connectivity index (χ0) is 17.0. The fraction of sp³-hybridized carbons (Fsp3) is 0.533. The zero-order valence-electron chi connectivity index (χ0n) is 13.3. The second-order valence-corrected chi connectivity index (χ2v) is 7.83. The largest absolute Gasteiger partial charge is 0.337 e. The molecule has 6 nitrogen and oxygen atoms in total. The number of halogens is 1. The highest BCUT2D eigenvalue weighted by molar-refractivity contribution is 7.89. The number of carbonyl (C=O) groups is 1. The van der Waals surface area contributed by atoms with Crippen LogP contribution in [0.4, 0.5) is 9.18 Å². The van der Waals surface area contributed by atoms with Gasteiger partial charge < -0.3 is 10.2 Å². The Bertz CT molecular complexity index is 666. The van der Waals surface area contributed by atoms with Crippen LogP contribution in [0.1, 0.15) is 24.9 Å². The molecule has 0 radical (unpaired) electrons. The molecule has 8 heteroatoms. The van der Waals surface area contributed by atoms with Gasteiger partial charge in [0.05, 0.1) is 11.8 Å². The Hall–Kier alpha value is -1.67. The van der Waals surface area contributed by atoms with Gasteiger partial charge in [0.15, 0.2) is 0 Å². The summed E-state index contributed by atoms with van der Waals surface area (Å²) in [6.07, 6.45) is 0.684. The van der Waals surface area contributed by atoms with Crippen LogP contribution >= 0.6 is 0 Å². The highest BCUT2D eigenvalue weighted by atomic mass is 32.2. The van der Waals surface area contributed by atoms with Gasteiger partial charge in [-0.15, -0.1) is 0 Å². The van der Waals surface area contributed by atoms with Gasteiger partial charge in [0.1, 0.15) is 5.82 Å². The molecule has 2 amide bonds. The SMILES string of the molecule is CNS(=O)(=O)CCNC(=O)N1C[C@H](C)C[C@@H]1c1ccccc1F. The number of nitrogens with zero attached hydrogens (tertiary/aromatic N) is 1. The lowest BCUT2D eigenvalue weighted by Crippen LogP contribution is -2.42. The number of urea groups is 1. The Kier molecular flexibility index (Phi) is 5.59. The first-order valence-electron chi connectivity index (χ1n) is 7.54. The maximum Gasteiger partial charge on any atom is 0.317 e. The summed E-state index contributed by atoms with van der Waals surface area (Å²) in [4.78, 5) is 13.9. The molecule has 128 valence electrons. The Morgan fingerprint density at radius 2 is 2.09 bits per heavy atom. The first-order valence-corrected chi connectivity index (χ1v) is 9.19.